The Bertz CT molecular complexity index is 808. The van der Waals surface area contributed by atoms with Crippen LogP contribution in [-0.2, 0) is 25.6 Å². The molecule has 0 bridgehead atoms. The number of alkyl halides is 3. The zero-order chi connectivity index (χ0) is 27.0. The van der Waals surface area contributed by atoms with Gasteiger partial charge in [-0.15, -0.1) is 0 Å². The van der Waals surface area contributed by atoms with Crippen LogP contribution in [0.5, 0.6) is 0 Å². The molecule has 0 aliphatic heterocycles. The quantitative estimate of drug-likeness (QED) is 0.231. The molecule has 8 N–H and O–H groups in total. The summed E-state index contributed by atoms with van der Waals surface area (Å²) in [6.45, 7) is 3.14. The predicted molar refractivity (Wildman–Crippen MR) is 123 cm³/mol. The summed E-state index contributed by atoms with van der Waals surface area (Å²) in [5.74, 6) is -3.34. The van der Waals surface area contributed by atoms with E-state index < -0.39 is 67.4 Å². The van der Waals surface area contributed by atoms with Gasteiger partial charge in [-0.1, -0.05) is 50.6 Å². The number of halogens is 3. The summed E-state index contributed by atoms with van der Waals surface area (Å²) in [7, 11) is 0. The van der Waals surface area contributed by atoms with Crippen molar-refractivity contribution in [2.24, 2.45) is 11.5 Å². The number of aliphatic hydroxyl groups excluding tert-OH is 1. The molecule has 4 amide bonds. The average Bonchev–Trinajstić information content (AvgIpc) is 2.79. The lowest BCUT2D eigenvalue weighted by molar-refractivity contribution is -0.212. The summed E-state index contributed by atoms with van der Waals surface area (Å²) < 4.78 is 38.5. The van der Waals surface area contributed by atoms with E-state index in [1.54, 1.807) is 30.3 Å². The number of aliphatic hydroxyl groups is 1. The summed E-state index contributed by atoms with van der Waals surface area (Å²) >= 11 is 0. The van der Waals surface area contributed by atoms with Crippen LogP contribution in [0.15, 0.2) is 30.3 Å². The lowest BCUT2D eigenvalue weighted by atomic mass is 10.0. The fraction of sp³-hybridized carbons (Fsp3) is 0.545. The van der Waals surface area contributed by atoms with Gasteiger partial charge in [0.15, 0.2) is 6.10 Å². The molecular formula is C22H34F3N5O5. The Hall–Kier alpha value is -3.19. The van der Waals surface area contributed by atoms with Gasteiger partial charge in [-0.3, -0.25) is 19.2 Å². The maximum Gasteiger partial charge on any atom is 0.416 e. The number of hydrogen-bond donors (Lipinski definition) is 6. The van der Waals surface area contributed by atoms with Crippen LogP contribution in [-0.4, -0.2) is 66.2 Å². The van der Waals surface area contributed by atoms with Crippen molar-refractivity contribution in [3.63, 3.8) is 0 Å². The van der Waals surface area contributed by atoms with Crippen LogP contribution >= 0.6 is 0 Å². The molecule has 198 valence electrons. The highest BCUT2D eigenvalue weighted by atomic mass is 19.4. The Morgan fingerprint density at radius 3 is 2.09 bits per heavy atom. The van der Waals surface area contributed by atoms with Crippen LogP contribution in [0, 0.1) is 0 Å². The summed E-state index contributed by atoms with van der Waals surface area (Å²) in [4.78, 5) is 47.0. The molecule has 0 saturated heterocycles. The van der Waals surface area contributed by atoms with Gasteiger partial charge in [0.25, 0.3) is 0 Å². The minimum atomic E-state index is -5.05. The van der Waals surface area contributed by atoms with Crippen molar-refractivity contribution in [2.45, 2.75) is 63.9 Å². The topological polar surface area (TPSA) is 177 Å². The standard InChI is InChI=1S/C19H26F3N5O5.C3H8/c20-19(21,22)17(31)12(6-7-14(24)28)26-16(30)10-25-18(32)13(27-15(29)9-23)8-11-4-2-1-3-5-11;1-3-2/h1-5,12-13,17,31H,6-10,23H2,(H2,24,28)(H,25,32)(H,26,30)(H,27,29);3H2,1-2H3/t12?,13-,17?;/m0./s1. The molecule has 13 heteroatoms. The molecule has 1 aromatic carbocycles. The van der Waals surface area contributed by atoms with Crippen molar-refractivity contribution in [3.8, 4) is 0 Å². The Morgan fingerprint density at radius 2 is 1.60 bits per heavy atom. The molecule has 35 heavy (non-hydrogen) atoms. The van der Waals surface area contributed by atoms with E-state index in [2.05, 4.69) is 24.5 Å². The number of primary amides is 1. The second kappa shape index (κ2) is 16.4. The minimum absolute atomic E-state index is 0.0774. The van der Waals surface area contributed by atoms with Crippen molar-refractivity contribution in [1.82, 2.24) is 16.0 Å². The zero-order valence-electron chi connectivity index (χ0n) is 19.7. The normalized spacial score (nSPS) is 13.3. The molecule has 0 spiro atoms. The highest BCUT2D eigenvalue weighted by Crippen LogP contribution is 2.24. The first-order valence-corrected chi connectivity index (χ1v) is 11.0. The monoisotopic (exact) mass is 505 g/mol. The van der Waals surface area contributed by atoms with Crippen molar-refractivity contribution in [1.29, 1.82) is 0 Å². The first kappa shape index (κ1) is 31.8. The van der Waals surface area contributed by atoms with E-state index in [1.807, 2.05) is 5.32 Å². The third kappa shape index (κ3) is 14.0. The third-order valence-electron chi connectivity index (χ3n) is 4.31. The lowest BCUT2D eigenvalue weighted by Gasteiger charge is -2.26. The number of benzene rings is 1. The van der Waals surface area contributed by atoms with E-state index in [0.29, 0.717) is 5.56 Å². The van der Waals surface area contributed by atoms with Gasteiger partial charge < -0.3 is 32.5 Å². The molecule has 0 saturated carbocycles. The van der Waals surface area contributed by atoms with E-state index in [-0.39, 0.29) is 13.0 Å². The van der Waals surface area contributed by atoms with Crippen LogP contribution in [0.2, 0.25) is 0 Å². The Morgan fingerprint density at radius 1 is 1.03 bits per heavy atom. The van der Waals surface area contributed by atoms with Gasteiger partial charge in [0.05, 0.1) is 19.1 Å². The van der Waals surface area contributed by atoms with Crippen LogP contribution in [0.25, 0.3) is 0 Å². The van der Waals surface area contributed by atoms with Gasteiger partial charge in [-0.05, 0) is 12.0 Å². The molecule has 1 rings (SSSR count). The van der Waals surface area contributed by atoms with E-state index in [9.17, 15) is 37.5 Å². The maximum atomic E-state index is 12.8. The molecule has 0 radical (unpaired) electrons. The van der Waals surface area contributed by atoms with E-state index in [0.717, 1.165) is 0 Å². The number of nitrogens with one attached hydrogen (secondary N) is 3. The van der Waals surface area contributed by atoms with Crippen molar-refractivity contribution in [3.05, 3.63) is 35.9 Å². The molecule has 3 atom stereocenters. The number of hydrogen-bond acceptors (Lipinski definition) is 6. The molecule has 0 aliphatic rings. The minimum Gasteiger partial charge on any atom is -0.382 e. The smallest absolute Gasteiger partial charge is 0.382 e. The van der Waals surface area contributed by atoms with Crippen LogP contribution in [0.4, 0.5) is 13.2 Å². The lowest BCUT2D eigenvalue weighted by Crippen LogP contribution is -2.54. The molecule has 0 fully saturated rings. The van der Waals surface area contributed by atoms with Crippen LogP contribution < -0.4 is 27.4 Å². The molecule has 0 aromatic heterocycles. The molecule has 0 heterocycles. The molecular weight excluding hydrogens is 471 g/mol. The molecule has 1 aromatic rings. The fourth-order valence-electron chi connectivity index (χ4n) is 2.70. The van der Waals surface area contributed by atoms with Crippen molar-refractivity contribution in [2.75, 3.05) is 13.1 Å². The highest BCUT2D eigenvalue weighted by Gasteiger charge is 2.44. The highest BCUT2D eigenvalue weighted by molar-refractivity contribution is 5.91. The molecule has 2 unspecified atom stereocenters. The predicted octanol–water partition coefficient (Wildman–Crippen LogP) is -0.121. The zero-order valence-corrected chi connectivity index (χ0v) is 19.7. The molecule has 0 aliphatic carbocycles. The fourth-order valence-corrected chi connectivity index (χ4v) is 2.70. The number of carbonyl (C=O) groups is 4. The van der Waals surface area contributed by atoms with Gasteiger partial charge in [0, 0.05) is 12.8 Å². The second-order valence-corrected chi connectivity index (χ2v) is 7.60. The van der Waals surface area contributed by atoms with Gasteiger partial charge in [0.1, 0.15) is 6.04 Å². The molecule has 10 nitrogen and oxygen atoms in total. The van der Waals surface area contributed by atoms with Gasteiger partial charge in [-0.2, -0.15) is 13.2 Å². The Labute approximate surface area is 202 Å². The summed E-state index contributed by atoms with van der Waals surface area (Å²) in [5, 5.41) is 16.0. The summed E-state index contributed by atoms with van der Waals surface area (Å²) in [5.41, 5.74) is 10.9. The van der Waals surface area contributed by atoms with E-state index in [1.165, 1.54) is 6.42 Å². The van der Waals surface area contributed by atoms with Gasteiger partial charge in [-0.25, -0.2) is 0 Å². The van der Waals surface area contributed by atoms with Crippen LogP contribution in [0.1, 0.15) is 38.7 Å². The first-order chi connectivity index (χ1) is 16.3. The Balaban J connectivity index is 0.00000365. The second-order valence-electron chi connectivity index (χ2n) is 7.60. The third-order valence-corrected chi connectivity index (χ3v) is 4.31. The maximum absolute atomic E-state index is 12.8. The number of nitrogens with two attached hydrogens (primary N) is 2. The van der Waals surface area contributed by atoms with Crippen molar-refractivity contribution >= 4 is 23.6 Å². The first-order valence-electron chi connectivity index (χ1n) is 11.0. The Kier molecular flexibility index (Phi) is 14.9. The average molecular weight is 506 g/mol. The number of carbonyl (C=O) groups excluding carboxylic acids is 4. The van der Waals surface area contributed by atoms with Gasteiger partial charge in [0.2, 0.25) is 23.6 Å². The largest absolute Gasteiger partial charge is 0.416 e. The number of rotatable bonds is 12. The van der Waals surface area contributed by atoms with E-state index >= 15 is 0 Å². The van der Waals surface area contributed by atoms with Crippen molar-refractivity contribution < 1.29 is 37.5 Å². The number of amides is 4. The van der Waals surface area contributed by atoms with Gasteiger partial charge >= 0.3 is 6.18 Å². The SMILES string of the molecule is CCC.NCC(=O)N[C@@H](Cc1ccccc1)C(=O)NCC(=O)NC(CCC(N)=O)C(O)C(F)(F)F. The van der Waals surface area contributed by atoms with E-state index in [4.69, 9.17) is 11.5 Å². The summed E-state index contributed by atoms with van der Waals surface area (Å²) in [6, 6.07) is 5.69. The van der Waals surface area contributed by atoms with Crippen LogP contribution in [0.3, 0.4) is 0 Å². The summed E-state index contributed by atoms with van der Waals surface area (Å²) in [6.07, 6.45) is -7.72.